The molecular weight excluding hydrogens is 312 g/mol. The number of nitrogens with zero attached hydrogens (tertiary/aromatic N) is 1. The quantitative estimate of drug-likeness (QED) is 0.921. The maximum atomic E-state index is 12.3. The Morgan fingerprint density at radius 1 is 1.17 bits per heavy atom. The number of hydrogen-bond acceptors (Lipinski definition) is 2. The van der Waals surface area contributed by atoms with Crippen molar-refractivity contribution in [1.29, 1.82) is 0 Å². The topological polar surface area (TPSA) is 49.4 Å². The highest BCUT2D eigenvalue weighted by molar-refractivity contribution is 6.30. The lowest BCUT2D eigenvalue weighted by atomic mass is 9.90. The van der Waals surface area contributed by atoms with Gasteiger partial charge in [0, 0.05) is 36.0 Å². The van der Waals surface area contributed by atoms with E-state index >= 15 is 0 Å². The normalized spacial score (nSPS) is 16.3. The predicted molar refractivity (Wildman–Crippen MR) is 92.1 cm³/mol. The molecule has 126 valence electrons. The fourth-order valence-corrected chi connectivity index (χ4v) is 2.88. The number of piperidine rings is 1. The van der Waals surface area contributed by atoms with Crippen LogP contribution in [0.1, 0.15) is 39.2 Å². The molecule has 0 spiro atoms. The number of benzene rings is 1. The Balaban J connectivity index is 1.79. The number of rotatable bonds is 3. The Labute approximate surface area is 143 Å². The lowest BCUT2D eigenvalue weighted by Gasteiger charge is -2.35. The number of likely N-dealkylation sites (tertiary alicyclic amines) is 1. The summed E-state index contributed by atoms with van der Waals surface area (Å²) in [4.78, 5) is 26.4. The fourth-order valence-electron chi connectivity index (χ4n) is 2.75. The molecule has 1 aliphatic rings. The van der Waals surface area contributed by atoms with E-state index in [1.54, 1.807) is 0 Å². The highest BCUT2D eigenvalue weighted by atomic mass is 35.5. The van der Waals surface area contributed by atoms with Crippen LogP contribution in [0.15, 0.2) is 24.3 Å². The first-order chi connectivity index (χ1) is 10.8. The van der Waals surface area contributed by atoms with Crippen molar-refractivity contribution in [3.8, 4) is 0 Å². The van der Waals surface area contributed by atoms with Crippen molar-refractivity contribution in [2.75, 3.05) is 13.1 Å². The van der Waals surface area contributed by atoms with Crippen LogP contribution in [-0.4, -0.2) is 29.8 Å². The molecule has 0 radical (unpaired) electrons. The first-order valence-corrected chi connectivity index (χ1v) is 8.46. The van der Waals surface area contributed by atoms with Gasteiger partial charge in [-0.2, -0.15) is 0 Å². The van der Waals surface area contributed by atoms with E-state index < -0.39 is 0 Å². The summed E-state index contributed by atoms with van der Waals surface area (Å²) in [5, 5.41) is 3.67. The summed E-state index contributed by atoms with van der Waals surface area (Å²) in [5.41, 5.74) is 0.673. The molecule has 1 aromatic rings. The third-order valence-electron chi connectivity index (χ3n) is 4.17. The SMILES string of the molecule is CC(C)(C)C(=O)N1CCC(C(=O)NCc2ccc(Cl)cc2)CC1. The molecule has 0 aromatic heterocycles. The smallest absolute Gasteiger partial charge is 0.227 e. The van der Waals surface area contributed by atoms with Gasteiger partial charge in [0.05, 0.1) is 0 Å². The van der Waals surface area contributed by atoms with Crippen LogP contribution < -0.4 is 5.32 Å². The summed E-state index contributed by atoms with van der Waals surface area (Å²) >= 11 is 5.85. The van der Waals surface area contributed by atoms with Gasteiger partial charge in [0.25, 0.3) is 0 Å². The van der Waals surface area contributed by atoms with Gasteiger partial charge < -0.3 is 10.2 Å². The lowest BCUT2D eigenvalue weighted by Crippen LogP contribution is -2.46. The van der Waals surface area contributed by atoms with Crippen LogP contribution >= 0.6 is 11.6 Å². The molecule has 1 N–H and O–H groups in total. The summed E-state index contributed by atoms with van der Waals surface area (Å²) in [6, 6.07) is 7.46. The first-order valence-electron chi connectivity index (χ1n) is 8.09. The third-order valence-corrected chi connectivity index (χ3v) is 4.43. The minimum Gasteiger partial charge on any atom is -0.352 e. The number of carbonyl (C=O) groups is 2. The van der Waals surface area contributed by atoms with Gasteiger partial charge in [-0.25, -0.2) is 0 Å². The molecule has 23 heavy (non-hydrogen) atoms. The molecule has 1 heterocycles. The van der Waals surface area contributed by atoms with Gasteiger partial charge in [-0.15, -0.1) is 0 Å². The Morgan fingerprint density at radius 3 is 2.26 bits per heavy atom. The second-order valence-corrected chi connectivity index (χ2v) is 7.60. The van der Waals surface area contributed by atoms with E-state index in [4.69, 9.17) is 11.6 Å². The predicted octanol–water partition coefficient (Wildman–Crippen LogP) is 3.24. The summed E-state index contributed by atoms with van der Waals surface area (Å²) < 4.78 is 0. The van der Waals surface area contributed by atoms with E-state index in [0.717, 1.165) is 18.4 Å². The standard InChI is InChI=1S/C18H25ClN2O2/c1-18(2,3)17(23)21-10-8-14(9-11-21)16(22)20-12-13-4-6-15(19)7-5-13/h4-7,14H,8-12H2,1-3H3,(H,20,22). The number of carbonyl (C=O) groups excluding carboxylic acids is 2. The van der Waals surface area contributed by atoms with Gasteiger partial charge in [-0.1, -0.05) is 44.5 Å². The second kappa shape index (κ2) is 7.35. The van der Waals surface area contributed by atoms with Crippen LogP contribution in [0.3, 0.4) is 0 Å². The Morgan fingerprint density at radius 2 is 1.74 bits per heavy atom. The maximum Gasteiger partial charge on any atom is 0.227 e. The van der Waals surface area contributed by atoms with Crippen LogP contribution in [0.4, 0.5) is 0 Å². The molecule has 0 aliphatic carbocycles. The fraction of sp³-hybridized carbons (Fsp3) is 0.556. The highest BCUT2D eigenvalue weighted by Gasteiger charge is 2.32. The van der Waals surface area contributed by atoms with Crippen LogP contribution in [0.25, 0.3) is 0 Å². The summed E-state index contributed by atoms with van der Waals surface area (Å²) in [6.07, 6.45) is 1.46. The van der Waals surface area contributed by atoms with E-state index in [1.165, 1.54) is 0 Å². The van der Waals surface area contributed by atoms with Gasteiger partial charge in [-0.05, 0) is 30.5 Å². The van der Waals surface area contributed by atoms with Crippen LogP contribution in [0, 0.1) is 11.3 Å². The summed E-state index contributed by atoms with van der Waals surface area (Å²) in [5.74, 6) is 0.228. The van der Waals surface area contributed by atoms with Crippen molar-refractivity contribution in [3.63, 3.8) is 0 Å². The number of hydrogen-bond donors (Lipinski definition) is 1. The molecule has 5 heteroatoms. The minimum absolute atomic E-state index is 0.00804. The molecule has 0 atom stereocenters. The van der Waals surface area contributed by atoms with Crippen molar-refractivity contribution in [1.82, 2.24) is 10.2 Å². The maximum absolute atomic E-state index is 12.3. The van der Waals surface area contributed by atoms with Gasteiger partial charge in [0.2, 0.25) is 11.8 Å². The van der Waals surface area contributed by atoms with Crippen molar-refractivity contribution < 1.29 is 9.59 Å². The van der Waals surface area contributed by atoms with Gasteiger partial charge in [-0.3, -0.25) is 9.59 Å². The van der Waals surface area contributed by atoms with Crippen molar-refractivity contribution >= 4 is 23.4 Å². The van der Waals surface area contributed by atoms with Crippen molar-refractivity contribution in [2.24, 2.45) is 11.3 Å². The molecule has 0 saturated carbocycles. The number of nitrogens with one attached hydrogen (secondary N) is 1. The molecule has 2 amide bonds. The van der Waals surface area contributed by atoms with Crippen LogP contribution in [0.5, 0.6) is 0 Å². The largest absolute Gasteiger partial charge is 0.352 e. The van der Waals surface area contributed by atoms with Crippen molar-refractivity contribution in [2.45, 2.75) is 40.2 Å². The molecule has 2 rings (SSSR count). The van der Waals surface area contributed by atoms with E-state index in [9.17, 15) is 9.59 Å². The summed E-state index contributed by atoms with van der Waals surface area (Å²) in [6.45, 7) is 7.63. The molecule has 0 unspecified atom stereocenters. The zero-order chi connectivity index (χ0) is 17.0. The zero-order valence-electron chi connectivity index (χ0n) is 14.1. The number of halogens is 1. The molecule has 1 fully saturated rings. The van der Waals surface area contributed by atoms with Gasteiger partial charge in [0.1, 0.15) is 0 Å². The van der Waals surface area contributed by atoms with E-state index in [1.807, 2.05) is 49.9 Å². The third kappa shape index (κ3) is 4.96. The monoisotopic (exact) mass is 336 g/mol. The molecule has 1 aliphatic heterocycles. The summed E-state index contributed by atoms with van der Waals surface area (Å²) in [7, 11) is 0. The Bertz CT molecular complexity index is 555. The van der Waals surface area contributed by atoms with E-state index in [0.29, 0.717) is 24.7 Å². The average molecular weight is 337 g/mol. The van der Waals surface area contributed by atoms with Crippen LogP contribution in [-0.2, 0) is 16.1 Å². The molecular formula is C18H25ClN2O2. The minimum atomic E-state index is -0.357. The Kier molecular flexibility index (Phi) is 5.69. The van der Waals surface area contributed by atoms with Crippen LogP contribution in [0.2, 0.25) is 5.02 Å². The number of amides is 2. The second-order valence-electron chi connectivity index (χ2n) is 7.16. The van der Waals surface area contributed by atoms with E-state index in [-0.39, 0.29) is 23.1 Å². The Hall–Kier alpha value is -1.55. The van der Waals surface area contributed by atoms with E-state index in [2.05, 4.69) is 5.32 Å². The molecule has 0 bridgehead atoms. The molecule has 4 nitrogen and oxygen atoms in total. The molecule has 1 aromatic carbocycles. The average Bonchev–Trinajstić information content (AvgIpc) is 2.52. The van der Waals surface area contributed by atoms with Crippen molar-refractivity contribution in [3.05, 3.63) is 34.9 Å². The van der Waals surface area contributed by atoms with Gasteiger partial charge >= 0.3 is 0 Å². The first kappa shape index (κ1) is 17.8. The van der Waals surface area contributed by atoms with Gasteiger partial charge in [0.15, 0.2) is 0 Å². The molecule has 1 saturated heterocycles. The lowest BCUT2D eigenvalue weighted by molar-refractivity contribution is -0.142. The highest BCUT2D eigenvalue weighted by Crippen LogP contribution is 2.23. The zero-order valence-corrected chi connectivity index (χ0v) is 14.8.